The number of aromatic nitrogens is 5. The van der Waals surface area contributed by atoms with Gasteiger partial charge in [0.15, 0.2) is 11.2 Å². The number of aryl methyl sites for hydroxylation is 1. The fourth-order valence-corrected chi connectivity index (χ4v) is 5.99. The third kappa shape index (κ3) is 5.89. The van der Waals surface area contributed by atoms with Gasteiger partial charge in [-0.3, -0.25) is 14.8 Å². The summed E-state index contributed by atoms with van der Waals surface area (Å²) in [6.45, 7) is 2.60. The Hall–Kier alpha value is -3.81. The Bertz CT molecular complexity index is 1750. The molecule has 4 heterocycles. The van der Waals surface area contributed by atoms with E-state index in [0.29, 0.717) is 27.5 Å². The van der Waals surface area contributed by atoms with E-state index in [1.54, 1.807) is 16.9 Å². The van der Waals surface area contributed by atoms with E-state index < -0.39 is 29.9 Å². The normalized spacial score (nSPS) is 15.3. The highest BCUT2D eigenvalue weighted by atomic mass is 35.5. The van der Waals surface area contributed by atoms with Crippen LogP contribution in [0.1, 0.15) is 34.1 Å². The Morgan fingerprint density at radius 3 is 2.65 bits per heavy atom. The monoisotopic (exact) mass is 633 g/mol. The summed E-state index contributed by atoms with van der Waals surface area (Å²) in [7, 11) is 1.86. The standard InChI is InChI=1S/C29H27F4N7OS.ClH/c1-16-20(18-5-3-17(4-6-18)7-8-34-2)12-22(29(31,32)33)21-14-40(38-24(16)21)26(27(41)37-28-35-9-10-42-28)25-23-11-19(30)13-39(23)15-36-25;/h3-6,9-10,12,14-15,19,26,34H,7-8,11,13H2,1-2H3,(H,35,37,41);1H/t19-,26-;/m1./s1. The highest BCUT2D eigenvalue weighted by molar-refractivity contribution is 7.13. The average molecular weight is 634 g/mol. The van der Waals surface area contributed by atoms with E-state index in [9.17, 15) is 22.4 Å². The number of benzene rings is 2. The zero-order valence-electron chi connectivity index (χ0n) is 23.2. The number of likely N-dealkylation sites (N-methyl/N-ethyl adjacent to an activating group) is 1. The SMILES string of the molecule is CNCCc1ccc(-c2cc(C(F)(F)F)c3cn([C@@H](C(=O)Nc4nccs4)c4ncn5c4C[C@@H](F)C5)nc3c2C)cc1.Cl. The number of thiazole rings is 1. The first kappa shape index (κ1) is 30.6. The van der Waals surface area contributed by atoms with E-state index in [1.165, 1.54) is 34.7 Å². The van der Waals surface area contributed by atoms with Gasteiger partial charge in [0, 0.05) is 35.3 Å². The molecular formula is C29H28ClF4N7OS. The maximum Gasteiger partial charge on any atom is 0.417 e. The molecule has 2 N–H and O–H groups in total. The number of halogens is 5. The number of hydrogen-bond acceptors (Lipinski definition) is 6. The van der Waals surface area contributed by atoms with E-state index in [4.69, 9.17) is 0 Å². The van der Waals surface area contributed by atoms with Gasteiger partial charge in [-0.25, -0.2) is 14.4 Å². The molecule has 8 nitrogen and oxygen atoms in total. The smallest absolute Gasteiger partial charge is 0.331 e. The van der Waals surface area contributed by atoms with Gasteiger partial charge in [0.1, 0.15) is 6.17 Å². The number of nitrogens with zero attached hydrogens (tertiary/aromatic N) is 5. The van der Waals surface area contributed by atoms with Gasteiger partial charge in [-0.15, -0.1) is 23.7 Å². The van der Waals surface area contributed by atoms with Crippen LogP contribution in [0.5, 0.6) is 0 Å². The van der Waals surface area contributed by atoms with Crippen LogP contribution in [-0.2, 0) is 30.4 Å². The van der Waals surface area contributed by atoms with Crippen molar-refractivity contribution in [3.8, 4) is 11.1 Å². The number of carbonyl (C=O) groups excluding carboxylic acids is 1. The molecule has 1 amide bonds. The van der Waals surface area contributed by atoms with Crippen LogP contribution in [0.15, 0.2) is 54.4 Å². The van der Waals surface area contributed by atoms with Crippen LogP contribution >= 0.6 is 23.7 Å². The van der Waals surface area contributed by atoms with Crippen LogP contribution in [-0.4, -0.2) is 50.0 Å². The van der Waals surface area contributed by atoms with Gasteiger partial charge in [-0.2, -0.15) is 18.3 Å². The van der Waals surface area contributed by atoms with Crippen LogP contribution in [0.25, 0.3) is 22.0 Å². The van der Waals surface area contributed by atoms with E-state index in [0.717, 1.165) is 24.6 Å². The highest BCUT2D eigenvalue weighted by Gasteiger charge is 2.38. The number of carbonyl (C=O) groups is 1. The molecule has 0 fully saturated rings. The second-order valence-corrected chi connectivity index (χ2v) is 11.2. The van der Waals surface area contributed by atoms with Crippen molar-refractivity contribution >= 4 is 45.7 Å². The van der Waals surface area contributed by atoms with Crippen LogP contribution < -0.4 is 10.6 Å². The van der Waals surface area contributed by atoms with Crippen LogP contribution in [0.4, 0.5) is 22.7 Å². The first-order valence-electron chi connectivity index (χ1n) is 13.4. The molecule has 6 rings (SSSR count). The van der Waals surface area contributed by atoms with Gasteiger partial charge in [0.05, 0.1) is 29.6 Å². The molecule has 0 aliphatic carbocycles. The number of nitrogens with one attached hydrogen (secondary N) is 2. The number of fused-ring (bicyclic) bond motifs is 2. The zero-order valence-corrected chi connectivity index (χ0v) is 24.8. The lowest BCUT2D eigenvalue weighted by molar-refractivity contribution is -0.136. The lowest BCUT2D eigenvalue weighted by Gasteiger charge is -2.16. The molecule has 0 saturated heterocycles. The first-order valence-corrected chi connectivity index (χ1v) is 14.2. The maximum absolute atomic E-state index is 14.5. The van der Waals surface area contributed by atoms with Crippen LogP contribution in [0.2, 0.25) is 0 Å². The number of alkyl halides is 4. The van der Waals surface area contributed by atoms with Crippen LogP contribution in [0.3, 0.4) is 0 Å². The quantitative estimate of drug-likeness (QED) is 0.205. The molecular weight excluding hydrogens is 606 g/mol. The summed E-state index contributed by atoms with van der Waals surface area (Å²) in [4.78, 5) is 22.1. The molecule has 5 aromatic rings. The lowest BCUT2D eigenvalue weighted by Crippen LogP contribution is -2.28. The van der Waals surface area contributed by atoms with E-state index in [-0.39, 0.29) is 42.0 Å². The Morgan fingerprint density at radius 1 is 1.21 bits per heavy atom. The minimum absolute atomic E-state index is 0. The van der Waals surface area contributed by atoms with Crippen molar-refractivity contribution in [3.05, 3.63) is 82.5 Å². The van der Waals surface area contributed by atoms with Gasteiger partial charge in [-0.05, 0) is 55.3 Å². The highest BCUT2D eigenvalue weighted by Crippen LogP contribution is 2.41. The van der Waals surface area contributed by atoms with Crippen molar-refractivity contribution in [3.63, 3.8) is 0 Å². The molecule has 2 aromatic carbocycles. The molecule has 0 saturated carbocycles. The van der Waals surface area contributed by atoms with Gasteiger partial charge in [-0.1, -0.05) is 24.3 Å². The topological polar surface area (TPSA) is 89.7 Å². The summed E-state index contributed by atoms with van der Waals surface area (Å²) in [5.74, 6) is -0.592. The fourth-order valence-electron chi connectivity index (χ4n) is 5.46. The van der Waals surface area contributed by atoms with Crippen molar-refractivity contribution in [1.82, 2.24) is 29.6 Å². The third-order valence-corrected chi connectivity index (χ3v) is 8.22. The Balaban J connectivity index is 0.00000368. The molecule has 3 aromatic heterocycles. The number of imidazole rings is 1. The Kier molecular flexibility index (Phi) is 8.59. The van der Waals surface area contributed by atoms with Crippen LogP contribution in [0, 0.1) is 6.92 Å². The van der Waals surface area contributed by atoms with Gasteiger partial charge < -0.3 is 9.88 Å². The molecule has 0 bridgehead atoms. The van der Waals surface area contributed by atoms with Crippen molar-refractivity contribution in [2.75, 3.05) is 18.9 Å². The predicted octanol–water partition coefficient (Wildman–Crippen LogP) is 5.99. The molecule has 0 radical (unpaired) electrons. The molecule has 0 unspecified atom stereocenters. The first-order chi connectivity index (χ1) is 20.1. The number of rotatable bonds is 8. The summed E-state index contributed by atoms with van der Waals surface area (Å²) >= 11 is 1.19. The van der Waals surface area contributed by atoms with Gasteiger partial charge in [0.2, 0.25) is 0 Å². The number of hydrogen-bond donors (Lipinski definition) is 2. The largest absolute Gasteiger partial charge is 0.417 e. The Labute approximate surface area is 254 Å². The second kappa shape index (κ2) is 12.1. The third-order valence-electron chi connectivity index (χ3n) is 7.53. The lowest BCUT2D eigenvalue weighted by atomic mass is 9.94. The van der Waals surface area contributed by atoms with Gasteiger partial charge in [0.25, 0.3) is 5.91 Å². The molecule has 14 heteroatoms. The summed E-state index contributed by atoms with van der Waals surface area (Å²) < 4.78 is 60.6. The summed E-state index contributed by atoms with van der Waals surface area (Å²) in [5.41, 5.74) is 2.62. The maximum atomic E-state index is 14.5. The Morgan fingerprint density at radius 2 is 1.98 bits per heavy atom. The molecule has 0 spiro atoms. The molecule has 1 aliphatic heterocycles. The number of amides is 1. The summed E-state index contributed by atoms with van der Waals surface area (Å²) in [6, 6.07) is 7.30. The van der Waals surface area contributed by atoms with Crippen molar-refractivity contribution in [2.45, 2.75) is 44.7 Å². The molecule has 1 aliphatic rings. The van der Waals surface area contributed by atoms with Crippen molar-refractivity contribution in [1.29, 1.82) is 0 Å². The zero-order chi connectivity index (χ0) is 29.6. The van der Waals surface area contributed by atoms with E-state index >= 15 is 0 Å². The molecule has 2 atom stereocenters. The minimum Gasteiger partial charge on any atom is -0.331 e. The minimum atomic E-state index is -4.68. The fraction of sp³-hybridized carbons (Fsp3) is 0.310. The summed E-state index contributed by atoms with van der Waals surface area (Å²) in [5, 5.41) is 12.2. The molecule has 226 valence electrons. The van der Waals surface area contributed by atoms with E-state index in [2.05, 4.69) is 25.7 Å². The average Bonchev–Trinajstić information content (AvgIpc) is 3.74. The van der Waals surface area contributed by atoms with Crippen molar-refractivity contribution in [2.24, 2.45) is 0 Å². The molecule has 43 heavy (non-hydrogen) atoms. The number of anilines is 1. The summed E-state index contributed by atoms with van der Waals surface area (Å²) in [6.07, 6.45) is -0.800. The second-order valence-electron chi connectivity index (χ2n) is 10.3. The predicted molar refractivity (Wildman–Crippen MR) is 159 cm³/mol. The van der Waals surface area contributed by atoms with Gasteiger partial charge >= 0.3 is 6.18 Å². The van der Waals surface area contributed by atoms with E-state index in [1.807, 2.05) is 31.3 Å². The van der Waals surface area contributed by atoms with Crippen molar-refractivity contribution < 1.29 is 22.4 Å².